The number of ether oxygens (including phenoxy) is 1. The Balaban J connectivity index is 2.82. The third kappa shape index (κ3) is 4.92. The summed E-state index contributed by atoms with van der Waals surface area (Å²) >= 11 is 0. The summed E-state index contributed by atoms with van der Waals surface area (Å²) in [5.41, 5.74) is 1.18. The van der Waals surface area contributed by atoms with Crippen molar-refractivity contribution >= 4 is 0 Å². The van der Waals surface area contributed by atoms with Crippen LogP contribution >= 0.6 is 0 Å². The minimum atomic E-state index is -0.193. The van der Waals surface area contributed by atoms with Gasteiger partial charge in [0.05, 0.1) is 6.10 Å². The standard InChI is InChI=1S/C16H26FNO/c1-6-19-15(16(2,3)4)14(18-5)11-12-7-9-13(17)10-8-12/h7-10,14-15,18H,6,11H2,1-5H3. The van der Waals surface area contributed by atoms with Crippen molar-refractivity contribution in [3.05, 3.63) is 35.6 Å². The van der Waals surface area contributed by atoms with Crippen LogP contribution in [0, 0.1) is 11.2 Å². The number of nitrogens with one attached hydrogen (secondary N) is 1. The molecule has 1 aromatic carbocycles. The molecule has 1 rings (SSSR count). The van der Waals surface area contributed by atoms with E-state index >= 15 is 0 Å². The normalized spacial score (nSPS) is 15.3. The third-order valence-corrected chi connectivity index (χ3v) is 3.30. The molecule has 0 heterocycles. The van der Waals surface area contributed by atoms with Crippen molar-refractivity contribution in [2.75, 3.05) is 13.7 Å². The van der Waals surface area contributed by atoms with Crippen LogP contribution in [-0.2, 0) is 11.2 Å². The lowest BCUT2D eigenvalue weighted by Crippen LogP contribution is -2.48. The monoisotopic (exact) mass is 267 g/mol. The molecule has 0 aliphatic heterocycles. The average molecular weight is 267 g/mol. The molecule has 0 radical (unpaired) electrons. The smallest absolute Gasteiger partial charge is 0.123 e. The van der Waals surface area contributed by atoms with Crippen LogP contribution in [0.4, 0.5) is 4.39 Å². The van der Waals surface area contributed by atoms with Gasteiger partial charge in [0.15, 0.2) is 0 Å². The van der Waals surface area contributed by atoms with Crippen LogP contribution in [0.1, 0.15) is 33.3 Å². The SMILES string of the molecule is CCOC(C(Cc1ccc(F)cc1)NC)C(C)(C)C. The zero-order chi connectivity index (χ0) is 14.5. The van der Waals surface area contributed by atoms with Gasteiger partial charge in [0.2, 0.25) is 0 Å². The Kier molecular flexibility index (Phi) is 5.95. The Morgan fingerprint density at radius 1 is 1.21 bits per heavy atom. The quantitative estimate of drug-likeness (QED) is 0.853. The van der Waals surface area contributed by atoms with Gasteiger partial charge in [0.1, 0.15) is 5.82 Å². The molecule has 0 bridgehead atoms. The number of hydrogen-bond donors (Lipinski definition) is 1. The van der Waals surface area contributed by atoms with E-state index in [-0.39, 0.29) is 23.4 Å². The van der Waals surface area contributed by atoms with Crippen molar-refractivity contribution in [2.45, 2.75) is 46.3 Å². The van der Waals surface area contributed by atoms with Gasteiger partial charge >= 0.3 is 0 Å². The summed E-state index contributed by atoms with van der Waals surface area (Å²) in [5.74, 6) is -0.193. The van der Waals surface area contributed by atoms with Crippen molar-refractivity contribution in [3.63, 3.8) is 0 Å². The summed E-state index contributed by atoms with van der Waals surface area (Å²) < 4.78 is 18.9. The molecule has 0 aromatic heterocycles. The Hall–Kier alpha value is -0.930. The molecule has 0 aliphatic rings. The molecule has 1 N–H and O–H groups in total. The predicted octanol–water partition coefficient (Wildman–Crippen LogP) is 3.41. The van der Waals surface area contributed by atoms with E-state index in [0.717, 1.165) is 12.0 Å². The second-order valence-electron chi connectivity index (χ2n) is 5.97. The highest BCUT2D eigenvalue weighted by Crippen LogP contribution is 2.26. The van der Waals surface area contributed by atoms with Crippen LogP contribution < -0.4 is 5.32 Å². The molecule has 3 heteroatoms. The maximum absolute atomic E-state index is 12.9. The predicted molar refractivity (Wildman–Crippen MR) is 77.8 cm³/mol. The zero-order valence-electron chi connectivity index (χ0n) is 12.7. The molecule has 0 saturated carbocycles. The van der Waals surface area contributed by atoms with Gasteiger partial charge in [-0.15, -0.1) is 0 Å². The molecule has 0 amide bonds. The fourth-order valence-electron chi connectivity index (χ4n) is 2.38. The van der Waals surface area contributed by atoms with Crippen LogP contribution in [0.2, 0.25) is 0 Å². The van der Waals surface area contributed by atoms with Crippen LogP contribution in [-0.4, -0.2) is 25.8 Å². The second-order valence-corrected chi connectivity index (χ2v) is 5.97. The number of hydrogen-bond acceptors (Lipinski definition) is 2. The first kappa shape index (κ1) is 16.1. The fourth-order valence-corrected chi connectivity index (χ4v) is 2.38. The zero-order valence-corrected chi connectivity index (χ0v) is 12.7. The van der Waals surface area contributed by atoms with E-state index in [1.54, 1.807) is 0 Å². The topological polar surface area (TPSA) is 21.3 Å². The van der Waals surface area contributed by atoms with Crippen molar-refractivity contribution < 1.29 is 9.13 Å². The molecule has 1 aromatic rings. The van der Waals surface area contributed by atoms with E-state index in [1.807, 2.05) is 26.1 Å². The second kappa shape index (κ2) is 7.01. The van der Waals surface area contributed by atoms with Gasteiger partial charge in [0, 0.05) is 12.6 Å². The molecule has 0 saturated heterocycles. The van der Waals surface area contributed by atoms with Gasteiger partial charge in [0.25, 0.3) is 0 Å². The molecule has 0 fully saturated rings. The summed E-state index contributed by atoms with van der Waals surface area (Å²) in [6.45, 7) is 9.26. The lowest BCUT2D eigenvalue weighted by atomic mass is 9.82. The van der Waals surface area contributed by atoms with Crippen LogP contribution in [0.3, 0.4) is 0 Å². The molecule has 108 valence electrons. The summed E-state index contributed by atoms with van der Waals surface area (Å²) in [7, 11) is 1.95. The Bertz CT molecular complexity index is 369. The highest BCUT2D eigenvalue weighted by atomic mass is 19.1. The summed E-state index contributed by atoms with van der Waals surface area (Å²) in [5, 5.41) is 3.34. The van der Waals surface area contributed by atoms with Gasteiger partial charge in [-0.1, -0.05) is 32.9 Å². The molecule has 0 aliphatic carbocycles. The van der Waals surface area contributed by atoms with Gasteiger partial charge < -0.3 is 10.1 Å². The molecular weight excluding hydrogens is 241 g/mol. The minimum Gasteiger partial charge on any atom is -0.376 e. The highest BCUT2D eigenvalue weighted by Gasteiger charge is 2.32. The van der Waals surface area contributed by atoms with E-state index in [2.05, 4.69) is 26.1 Å². The summed E-state index contributed by atoms with van der Waals surface area (Å²) in [4.78, 5) is 0. The average Bonchev–Trinajstić information content (AvgIpc) is 2.34. The van der Waals surface area contributed by atoms with Gasteiger partial charge in [-0.2, -0.15) is 0 Å². The number of benzene rings is 1. The molecular formula is C16H26FNO. The fraction of sp³-hybridized carbons (Fsp3) is 0.625. The third-order valence-electron chi connectivity index (χ3n) is 3.30. The van der Waals surface area contributed by atoms with E-state index in [4.69, 9.17) is 4.74 Å². The molecule has 2 unspecified atom stereocenters. The first-order chi connectivity index (χ1) is 8.88. The van der Waals surface area contributed by atoms with E-state index in [1.165, 1.54) is 12.1 Å². The van der Waals surface area contributed by atoms with E-state index in [0.29, 0.717) is 6.61 Å². The van der Waals surface area contributed by atoms with Gasteiger partial charge in [-0.25, -0.2) is 4.39 Å². The van der Waals surface area contributed by atoms with Crippen molar-refractivity contribution in [3.8, 4) is 0 Å². The Morgan fingerprint density at radius 3 is 2.21 bits per heavy atom. The largest absolute Gasteiger partial charge is 0.376 e. The number of halogens is 1. The van der Waals surface area contributed by atoms with Gasteiger partial charge in [-0.3, -0.25) is 0 Å². The number of rotatable bonds is 6. The molecule has 2 atom stereocenters. The lowest BCUT2D eigenvalue weighted by Gasteiger charge is -2.36. The first-order valence-corrected chi connectivity index (χ1v) is 6.91. The molecule has 2 nitrogen and oxygen atoms in total. The van der Waals surface area contributed by atoms with Crippen LogP contribution in [0.5, 0.6) is 0 Å². The van der Waals surface area contributed by atoms with Crippen molar-refractivity contribution in [1.29, 1.82) is 0 Å². The maximum atomic E-state index is 12.9. The van der Waals surface area contributed by atoms with E-state index in [9.17, 15) is 4.39 Å². The molecule has 19 heavy (non-hydrogen) atoms. The lowest BCUT2D eigenvalue weighted by molar-refractivity contribution is -0.0340. The highest BCUT2D eigenvalue weighted by molar-refractivity contribution is 5.17. The Labute approximate surface area is 116 Å². The summed E-state index contributed by atoms with van der Waals surface area (Å²) in [6, 6.07) is 6.91. The first-order valence-electron chi connectivity index (χ1n) is 6.91. The minimum absolute atomic E-state index is 0.0592. The van der Waals surface area contributed by atoms with Crippen LogP contribution in [0.25, 0.3) is 0 Å². The van der Waals surface area contributed by atoms with E-state index < -0.39 is 0 Å². The van der Waals surface area contributed by atoms with Crippen molar-refractivity contribution in [2.24, 2.45) is 5.41 Å². The van der Waals surface area contributed by atoms with Gasteiger partial charge in [-0.05, 0) is 43.5 Å². The molecule has 0 spiro atoms. The maximum Gasteiger partial charge on any atom is 0.123 e. The number of likely N-dealkylation sites (N-methyl/N-ethyl adjacent to an activating group) is 1. The van der Waals surface area contributed by atoms with Crippen LogP contribution in [0.15, 0.2) is 24.3 Å². The van der Waals surface area contributed by atoms with Crippen molar-refractivity contribution in [1.82, 2.24) is 5.32 Å². The summed E-state index contributed by atoms with van der Waals surface area (Å²) in [6.07, 6.45) is 0.950. The Morgan fingerprint density at radius 2 is 1.79 bits per heavy atom.